The molecule has 5 nitrogen and oxygen atoms in total. The Bertz CT molecular complexity index is 745. The lowest BCUT2D eigenvalue weighted by Crippen LogP contribution is -2.21. The van der Waals surface area contributed by atoms with Crippen LogP contribution < -0.4 is 10.6 Å². The summed E-state index contributed by atoms with van der Waals surface area (Å²) >= 11 is 1.44. The van der Waals surface area contributed by atoms with Crippen molar-refractivity contribution in [3.05, 3.63) is 35.2 Å². The number of hydrogen-bond acceptors (Lipinski definition) is 4. The van der Waals surface area contributed by atoms with Gasteiger partial charge in [0.15, 0.2) is 5.13 Å². The summed E-state index contributed by atoms with van der Waals surface area (Å²) in [5.74, 6) is 0.00203. The van der Waals surface area contributed by atoms with Crippen molar-refractivity contribution in [3.63, 3.8) is 0 Å². The van der Waals surface area contributed by atoms with Gasteiger partial charge in [-0.25, -0.2) is 4.98 Å². The molecule has 0 saturated carbocycles. The van der Waals surface area contributed by atoms with Crippen molar-refractivity contribution >= 4 is 28.3 Å². The molecule has 0 bridgehead atoms. The van der Waals surface area contributed by atoms with Crippen LogP contribution in [0.15, 0.2) is 29.6 Å². The van der Waals surface area contributed by atoms with E-state index in [4.69, 9.17) is 0 Å². The molecular formula is C20H27N3O2S. The van der Waals surface area contributed by atoms with Crippen molar-refractivity contribution < 1.29 is 9.59 Å². The number of anilines is 1. The molecule has 2 aromatic rings. The predicted molar refractivity (Wildman–Crippen MR) is 107 cm³/mol. The van der Waals surface area contributed by atoms with E-state index in [0.29, 0.717) is 18.1 Å². The van der Waals surface area contributed by atoms with E-state index >= 15 is 0 Å². The van der Waals surface area contributed by atoms with Gasteiger partial charge in [-0.3, -0.25) is 9.59 Å². The smallest absolute Gasteiger partial charge is 0.226 e. The Hall–Kier alpha value is -2.21. The first-order valence-corrected chi connectivity index (χ1v) is 9.70. The Balaban J connectivity index is 1.90. The number of hydrogen-bond donors (Lipinski definition) is 2. The van der Waals surface area contributed by atoms with Crippen LogP contribution in [0.3, 0.4) is 0 Å². The molecule has 6 heteroatoms. The van der Waals surface area contributed by atoms with Crippen LogP contribution in [0.1, 0.15) is 46.1 Å². The molecule has 26 heavy (non-hydrogen) atoms. The Morgan fingerprint density at radius 2 is 1.85 bits per heavy atom. The van der Waals surface area contributed by atoms with Crippen molar-refractivity contribution in [3.8, 4) is 11.3 Å². The topological polar surface area (TPSA) is 71.1 Å². The maximum absolute atomic E-state index is 12.0. The first kappa shape index (κ1) is 20.1. The quantitative estimate of drug-likeness (QED) is 0.713. The van der Waals surface area contributed by atoms with Crippen molar-refractivity contribution in [2.75, 3.05) is 11.9 Å². The highest BCUT2D eigenvalue weighted by Crippen LogP contribution is 2.26. The highest BCUT2D eigenvalue weighted by molar-refractivity contribution is 7.14. The second-order valence-corrected chi connectivity index (χ2v) is 8.47. The maximum Gasteiger partial charge on any atom is 0.226 e. The summed E-state index contributed by atoms with van der Waals surface area (Å²) in [5.41, 5.74) is 3.09. The largest absolute Gasteiger partial charge is 0.356 e. The Morgan fingerprint density at radius 1 is 1.15 bits per heavy atom. The predicted octanol–water partition coefficient (Wildman–Crippen LogP) is 4.25. The minimum atomic E-state index is -0.0417. The average Bonchev–Trinajstić information content (AvgIpc) is 2.98. The third-order valence-corrected chi connectivity index (χ3v) is 4.47. The molecule has 140 valence electrons. The molecule has 2 rings (SSSR count). The third kappa shape index (κ3) is 6.96. The van der Waals surface area contributed by atoms with Crippen LogP contribution in [-0.4, -0.2) is 23.3 Å². The second kappa shape index (κ2) is 8.94. The number of carbonyl (C=O) groups excluding carboxylic acids is 2. The van der Waals surface area contributed by atoms with Crippen molar-refractivity contribution in [2.45, 2.75) is 47.0 Å². The Labute approximate surface area is 159 Å². The van der Waals surface area contributed by atoms with Gasteiger partial charge in [-0.2, -0.15) is 0 Å². The number of nitrogens with one attached hydrogen (secondary N) is 2. The summed E-state index contributed by atoms with van der Waals surface area (Å²) < 4.78 is 0. The van der Waals surface area contributed by atoms with Crippen LogP contribution in [0.2, 0.25) is 0 Å². The number of carbonyl (C=O) groups is 2. The minimum absolute atomic E-state index is 0.00656. The van der Waals surface area contributed by atoms with E-state index in [2.05, 4.69) is 27.8 Å². The molecular weight excluding hydrogens is 346 g/mol. The summed E-state index contributed by atoms with van der Waals surface area (Å²) in [4.78, 5) is 27.4. The molecule has 0 aliphatic carbocycles. The zero-order chi connectivity index (χ0) is 19.2. The van der Waals surface area contributed by atoms with Gasteiger partial charge in [-0.05, 0) is 23.8 Å². The molecule has 0 unspecified atom stereocenters. The van der Waals surface area contributed by atoms with Crippen LogP contribution >= 0.6 is 11.3 Å². The highest BCUT2D eigenvalue weighted by atomic mass is 32.1. The van der Waals surface area contributed by atoms with E-state index in [1.165, 1.54) is 23.8 Å². The van der Waals surface area contributed by atoms with E-state index in [0.717, 1.165) is 24.1 Å². The molecule has 1 aromatic carbocycles. The third-order valence-electron chi connectivity index (χ3n) is 3.71. The molecule has 0 aliphatic rings. The van der Waals surface area contributed by atoms with Crippen molar-refractivity contribution in [1.29, 1.82) is 0 Å². The molecule has 0 saturated heterocycles. The number of thiazole rings is 1. The van der Waals surface area contributed by atoms with Gasteiger partial charge in [0, 0.05) is 30.8 Å². The van der Waals surface area contributed by atoms with Crippen molar-refractivity contribution in [1.82, 2.24) is 10.3 Å². The lowest BCUT2D eigenvalue weighted by molar-refractivity contribution is -0.119. The lowest BCUT2D eigenvalue weighted by atomic mass is 9.92. The van der Waals surface area contributed by atoms with Gasteiger partial charge in [0.1, 0.15) is 0 Å². The van der Waals surface area contributed by atoms with Gasteiger partial charge in [0.2, 0.25) is 11.8 Å². The van der Waals surface area contributed by atoms with E-state index in [-0.39, 0.29) is 17.2 Å². The zero-order valence-corrected chi connectivity index (χ0v) is 16.7. The fourth-order valence-corrected chi connectivity index (χ4v) is 3.24. The summed E-state index contributed by atoms with van der Waals surface area (Å²) in [6.07, 6.45) is 2.31. The molecule has 0 fully saturated rings. The summed E-state index contributed by atoms with van der Waals surface area (Å²) in [6.45, 7) is 8.34. The first-order valence-electron chi connectivity index (χ1n) is 8.82. The first-order chi connectivity index (χ1) is 12.2. The molecule has 2 N–H and O–H groups in total. The number of aryl methyl sites for hydroxylation is 1. The van der Waals surface area contributed by atoms with Crippen LogP contribution in [0, 0.1) is 5.41 Å². The maximum atomic E-state index is 12.0. The number of benzene rings is 1. The number of amides is 2. The summed E-state index contributed by atoms with van der Waals surface area (Å²) in [5, 5.41) is 8.27. The summed E-state index contributed by atoms with van der Waals surface area (Å²) in [7, 11) is 0. The molecule has 0 aliphatic heterocycles. The molecule has 0 spiro atoms. The fraction of sp³-hybridized carbons (Fsp3) is 0.450. The van der Waals surface area contributed by atoms with Gasteiger partial charge in [-0.1, -0.05) is 45.0 Å². The van der Waals surface area contributed by atoms with E-state index in [1.54, 1.807) is 0 Å². The van der Waals surface area contributed by atoms with Crippen LogP contribution in [0.4, 0.5) is 5.13 Å². The number of nitrogens with zero attached hydrogens (tertiary/aromatic N) is 1. The second-order valence-electron chi connectivity index (χ2n) is 7.61. The van der Waals surface area contributed by atoms with Crippen LogP contribution in [-0.2, 0) is 16.0 Å². The number of aromatic nitrogens is 1. The normalized spacial score (nSPS) is 11.2. The van der Waals surface area contributed by atoms with Gasteiger partial charge in [-0.15, -0.1) is 11.3 Å². The molecule has 2 amide bonds. The molecule has 1 aromatic heterocycles. The summed E-state index contributed by atoms with van der Waals surface area (Å²) in [6, 6.07) is 8.26. The van der Waals surface area contributed by atoms with Gasteiger partial charge in [0.25, 0.3) is 0 Å². The molecule has 1 heterocycles. The van der Waals surface area contributed by atoms with Crippen LogP contribution in [0.5, 0.6) is 0 Å². The van der Waals surface area contributed by atoms with Gasteiger partial charge in [0.05, 0.1) is 5.69 Å². The Kier molecular flexibility index (Phi) is 6.91. The van der Waals surface area contributed by atoms with Crippen molar-refractivity contribution in [2.24, 2.45) is 5.41 Å². The van der Waals surface area contributed by atoms with E-state index in [1.807, 2.05) is 38.3 Å². The monoisotopic (exact) mass is 373 g/mol. The lowest BCUT2D eigenvalue weighted by Gasteiger charge is -2.16. The van der Waals surface area contributed by atoms with E-state index < -0.39 is 0 Å². The van der Waals surface area contributed by atoms with Crippen LogP contribution in [0.25, 0.3) is 11.3 Å². The Morgan fingerprint density at radius 3 is 2.46 bits per heavy atom. The van der Waals surface area contributed by atoms with Gasteiger partial charge < -0.3 is 10.6 Å². The fourth-order valence-electron chi connectivity index (χ4n) is 2.51. The molecule has 0 radical (unpaired) electrons. The average molecular weight is 374 g/mol. The zero-order valence-electron chi connectivity index (χ0n) is 15.9. The van der Waals surface area contributed by atoms with Gasteiger partial charge >= 0.3 is 0 Å². The standard InChI is InChI=1S/C20H27N3O2S/c1-14(24)21-11-5-6-15-7-9-16(10-8-15)17-13-26-19(22-17)23-18(25)12-20(2,3)4/h7-10,13H,5-6,11-12H2,1-4H3,(H,21,24)(H,22,23,25). The minimum Gasteiger partial charge on any atom is -0.356 e. The van der Waals surface area contributed by atoms with E-state index in [9.17, 15) is 9.59 Å². The number of rotatable bonds is 7. The highest BCUT2D eigenvalue weighted by Gasteiger charge is 2.17. The SMILES string of the molecule is CC(=O)NCCCc1ccc(-c2csc(NC(=O)CC(C)(C)C)n2)cc1. The molecule has 0 atom stereocenters.